The van der Waals surface area contributed by atoms with Gasteiger partial charge in [0.25, 0.3) is 0 Å². The molecule has 0 unspecified atom stereocenters. The van der Waals surface area contributed by atoms with Crippen LogP contribution < -0.4 is 21.3 Å². The van der Waals surface area contributed by atoms with Gasteiger partial charge in [0.1, 0.15) is 24.7 Å². The van der Waals surface area contributed by atoms with E-state index in [2.05, 4.69) is 21.3 Å². The van der Waals surface area contributed by atoms with Crippen molar-refractivity contribution in [1.29, 1.82) is 0 Å². The number of carbonyl (C=O) groups is 5. The molecule has 1 aliphatic rings. The number of aliphatic carboxylic acids is 1. The number of fused-ring (bicyclic) bond motifs is 1. The molecule has 3 aromatic rings. The maximum atomic E-state index is 13.8. The molecule has 4 rings (SSSR count). The molecule has 1 fully saturated rings. The summed E-state index contributed by atoms with van der Waals surface area (Å²) in [6.45, 7) is 3.78. The predicted molar refractivity (Wildman–Crippen MR) is 173 cm³/mol. The van der Waals surface area contributed by atoms with E-state index in [4.69, 9.17) is 9.84 Å². The minimum atomic E-state index is -1.21. The highest BCUT2D eigenvalue weighted by molar-refractivity contribution is 5.93. The van der Waals surface area contributed by atoms with Gasteiger partial charge in [-0.3, -0.25) is 19.2 Å². The van der Waals surface area contributed by atoms with Gasteiger partial charge in [0, 0.05) is 25.3 Å². The van der Waals surface area contributed by atoms with Gasteiger partial charge in [-0.25, -0.2) is 4.79 Å². The lowest BCUT2D eigenvalue weighted by atomic mass is 9.90. The first-order valence-corrected chi connectivity index (χ1v) is 15.7. The van der Waals surface area contributed by atoms with Crippen molar-refractivity contribution in [3.05, 3.63) is 83.9 Å². The Morgan fingerprint density at radius 3 is 2.35 bits per heavy atom. The van der Waals surface area contributed by atoms with Crippen molar-refractivity contribution in [1.82, 2.24) is 21.3 Å². The van der Waals surface area contributed by atoms with Crippen LogP contribution in [0.2, 0.25) is 0 Å². The molecule has 1 saturated heterocycles. The van der Waals surface area contributed by atoms with Crippen LogP contribution in [0.1, 0.15) is 56.8 Å². The fourth-order valence-corrected chi connectivity index (χ4v) is 5.71. The standard InChI is InChI=1S/C35H42N4O7/c1-22(2)18-28(33(43)37-21-31(40)41)38-34(44)29(19-25-14-8-13-23-10-6-7-16-27(23)25)39-35(45)46-30(24-11-4-3-5-12-24)20-26-15-9-17-36-32(26)42/h3-8,10-14,16,22,26,28-30H,9,15,17-21H2,1-2H3,(H,36,42)(H,37,43)(H,38,44)(H,39,45)(H,40,41)/t26-,28-,29-,30-/m0/s1. The summed E-state index contributed by atoms with van der Waals surface area (Å²) < 4.78 is 5.92. The molecule has 46 heavy (non-hydrogen) atoms. The van der Waals surface area contributed by atoms with Crippen LogP contribution in [0.3, 0.4) is 0 Å². The van der Waals surface area contributed by atoms with Gasteiger partial charge in [0.2, 0.25) is 17.7 Å². The zero-order valence-electron chi connectivity index (χ0n) is 26.2. The zero-order chi connectivity index (χ0) is 33.1. The first-order chi connectivity index (χ1) is 22.1. The van der Waals surface area contributed by atoms with Gasteiger partial charge in [-0.1, -0.05) is 86.6 Å². The van der Waals surface area contributed by atoms with E-state index in [1.807, 2.05) is 86.6 Å². The Labute approximate surface area is 268 Å². The number of carboxylic acid groups (broad SMARTS) is 1. The Morgan fingerprint density at radius 2 is 1.63 bits per heavy atom. The van der Waals surface area contributed by atoms with Gasteiger partial charge in [0.05, 0.1) is 0 Å². The summed E-state index contributed by atoms with van der Waals surface area (Å²) >= 11 is 0. The number of rotatable bonds is 14. The molecule has 0 radical (unpaired) electrons. The van der Waals surface area contributed by atoms with Gasteiger partial charge >= 0.3 is 12.1 Å². The SMILES string of the molecule is CC(C)C[C@H](NC(=O)[C@H](Cc1cccc2ccccc12)NC(=O)O[C@@H](C[C@@H]1CCCNC1=O)c1ccccc1)C(=O)NCC(=O)O. The van der Waals surface area contributed by atoms with Gasteiger partial charge in [-0.15, -0.1) is 0 Å². The number of hydrogen-bond acceptors (Lipinski definition) is 6. The van der Waals surface area contributed by atoms with E-state index in [0.717, 1.165) is 28.3 Å². The molecule has 11 heteroatoms. The third kappa shape index (κ3) is 9.79. The maximum Gasteiger partial charge on any atom is 0.408 e. The molecule has 0 saturated carbocycles. The summed E-state index contributed by atoms with van der Waals surface area (Å²) in [5, 5.41) is 21.6. The van der Waals surface area contributed by atoms with E-state index in [1.54, 1.807) is 0 Å². The molecule has 4 amide bonds. The number of nitrogens with one attached hydrogen (secondary N) is 4. The molecule has 244 valence electrons. The van der Waals surface area contributed by atoms with Crippen molar-refractivity contribution in [2.24, 2.45) is 11.8 Å². The third-order valence-electron chi connectivity index (χ3n) is 7.99. The highest BCUT2D eigenvalue weighted by Crippen LogP contribution is 2.29. The Bertz CT molecular complexity index is 1520. The van der Waals surface area contributed by atoms with Crippen LogP contribution in [-0.2, 0) is 30.3 Å². The molecule has 4 atom stereocenters. The van der Waals surface area contributed by atoms with Gasteiger partial charge < -0.3 is 31.1 Å². The highest BCUT2D eigenvalue weighted by atomic mass is 16.6. The Morgan fingerprint density at radius 1 is 0.913 bits per heavy atom. The first-order valence-electron chi connectivity index (χ1n) is 15.7. The number of ether oxygens (including phenoxy) is 1. The fourth-order valence-electron chi connectivity index (χ4n) is 5.71. The van der Waals surface area contributed by atoms with Crippen molar-refractivity contribution in [3.63, 3.8) is 0 Å². The van der Waals surface area contributed by atoms with Crippen LogP contribution in [0.15, 0.2) is 72.8 Å². The second kappa shape index (κ2) is 16.4. The van der Waals surface area contributed by atoms with E-state index >= 15 is 0 Å². The predicted octanol–water partition coefficient (Wildman–Crippen LogP) is 3.87. The second-order valence-electron chi connectivity index (χ2n) is 12.0. The Kier molecular flexibility index (Phi) is 12.1. The number of piperidine rings is 1. The number of carboxylic acids is 1. The van der Waals surface area contributed by atoms with Crippen LogP contribution in [0.25, 0.3) is 10.8 Å². The summed E-state index contributed by atoms with van der Waals surface area (Å²) in [5.74, 6) is -2.88. The molecular formula is C35H42N4O7. The average Bonchev–Trinajstić information content (AvgIpc) is 3.04. The maximum absolute atomic E-state index is 13.8. The summed E-state index contributed by atoms with van der Waals surface area (Å²) in [4.78, 5) is 63.9. The minimum Gasteiger partial charge on any atom is -0.480 e. The Balaban J connectivity index is 1.58. The molecule has 3 aromatic carbocycles. The van der Waals surface area contributed by atoms with E-state index in [9.17, 15) is 24.0 Å². The van der Waals surface area contributed by atoms with Crippen molar-refractivity contribution >= 4 is 40.6 Å². The lowest BCUT2D eigenvalue weighted by molar-refractivity contribution is -0.138. The van der Waals surface area contributed by atoms with Gasteiger partial charge in [0.15, 0.2) is 0 Å². The third-order valence-corrected chi connectivity index (χ3v) is 7.99. The van der Waals surface area contributed by atoms with Crippen LogP contribution in [0.4, 0.5) is 4.79 Å². The molecule has 0 aliphatic carbocycles. The van der Waals surface area contributed by atoms with Crippen molar-refractivity contribution in [3.8, 4) is 0 Å². The molecule has 0 bridgehead atoms. The first kappa shape index (κ1) is 34.0. The van der Waals surface area contributed by atoms with Crippen LogP contribution >= 0.6 is 0 Å². The summed E-state index contributed by atoms with van der Waals surface area (Å²) in [5.41, 5.74) is 1.52. The molecule has 11 nitrogen and oxygen atoms in total. The van der Waals surface area contributed by atoms with Crippen molar-refractivity contribution < 1.29 is 33.8 Å². The largest absolute Gasteiger partial charge is 0.480 e. The molecule has 1 heterocycles. The second-order valence-corrected chi connectivity index (χ2v) is 12.0. The smallest absolute Gasteiger partial charge is 0.408 e. The lowest BCUT2D eigenvalue weighted by Gasteiger charge is -2.28. The summed E-state index contributed by atoms with van der Waals surface area (Å²) in [7, 11) is 0. The van der Waals surface area contributed by atoms with E-state index in [-0.39, 0.29) is 37.0 Å². The normalized spacial score (nSPS) is 16.5. The van der Waals surface area contributed by atoms with Crippen molar-refractivity contribution in [2.75, 3.05) is 13.1 Å². The van der Waals surface area contributed by atoms with E-state index < -0.39 is 48.6 Å². The van der Waals surface area contributed by atoms with Crippen LogP contribution in [0.5, 0.6) is 0 Å². The molecule has 0 spiro atoms. The van der Waals surface area contributed by atoms with Crippen LogP contribution in [0, 0.1) is 11.8 Å². The number of benzene rings is 3. The van der Waals surface area contributed by atoms with Gasteiger partial charge in [-0.05, 0) is 47.1 Å². The molecule has 5 N–H and O–H groups in total. The lowest BCUT2D eigenvalue weighted by Crippen LogP contribution is -2.55. The molecular weight excluding hydrogens is 588 g/mol. The number of alkyl carbamates (subject to hydrolysis) is 1. The number of hydrogen-bond donors (Lipinski definition) is 5. The van der Waals surface area contributed by atoms with Gasteiger partial charge in [-0.2, -0.15) is 0 Å². The average molecular weight is 631 g/mol. The zero-order valence-corrected chi connectivity index (χ0v) is 26.2. The summed E-state index contributed by atoms with van der Waals surface area (Å²) in [6, 6.07) is 20.3. The number of carbonyl (C=O) groups excluding carboxylic acids is 4. The van der Waals surface area contributed by atoms with Crippen LogP contribution in [-0.4, -0.2) is 60.1 Å². The topological polar surface area (TPSA) is 163 Å². The van der Waals surface area contributed by atoms with E-state index in [0.29, 0.717) is 13.0 Å². The van der Waals surface area contributed by atoms with Crippen molar-refractivity contribution in [2.45, 2.75) is 64.1 Å². The highest BCUT2D eigenvalue weighted by Gasteiger charge is 2.32. The molecule has 0 aromatic heterocycles. The fraction of sp³-hybridized carbons (Fsp3) is 0.400. The summed E-state index contributed by atoms with van der Waals surface area (Å²) in [6.07, 6.45) is 0.538. The number of amides is 4. The Hall–Kier alpha value is -4.93. The molecule has 1 aliphatic heterocycles. The quantitative estimate of drug-likeness (QED) is 0.181. The monoisotopic (exact) mass is 630 g/mol. The minimum absolute atomic E-state index is 0.000984. The van der Waals surface area contributed by atoms with E-state index in [1.165, 1.54) is 0 Å².